The van der Waals surface area contributed by atoms with Gasteiger partial charge in [-0.25, -0.2) is 4.39 Å². The van der Waals surface area contributed by atoms with Gasteiger partial charge in [-0.2, -0.15) is 5.26 Å². The summed E-state index contributed by atoms with van der Waals surface area (Å²) in [6, 6.07) is 12.8. The van der Waals surface area contributed by atoms with Gasteiger partial charge in [0.1, 0.15) is 5.82 Å². The zero-order valence-electron chi connectivity index (χ0n) is 9.21. The van der Waals surface area contributed by atoms with Crippen LogP contribution < -0.4 is 0 Å². The number of azide groups is 1. The second kappa shape index (κ2) is 5.00. The number of hydrogen-bond acceptors (Lipinski definition) is 2. The third-order valence-corrected chi connectivity index (χ3v) is 2.45. The second-order valence-electron chi connectivity index (χ2n) is 3.54. The van der Waals surface area contributed by atoms with Gasteiger partial charge in [-0.15, -0.1) is 0 Å². The SMILES string of the molecule is N#Cc1ccc(-c2ccc(F)cc2)cc1N=[N+]=[N-]. The Labute approximate surface area is 103 Å². The van der Waals surface area contributed by atoms with Gasteiger partial charge in [0.05, 0.1) is 17.3 Å². The van der Waals surface area contributed by atoms with Gasteiger partial charge in [0, 0.05) is 4.91 Å². The number of nitrogens with zero attached hydrogens (tertiary/aromatic N) is 4. The Kier molecular flexibility index (Phi) is 3.24. The maximum absolute atomic E-state index is 12.8. The Hall–Kier alpha value is -2.83. The van der Waals surface area contributed by atoms with Crippen molar-refractivity contribution in [1.82, 2.24) is 0 Å². The highest BCUT2D eigenvalue weighted by Crippen LogP contribution is 2.27. The van der Waals surface area contributed by atoms with Crippen molar-refractivity contribution >= 4 is 5.69 Å². The third-order valence-electron chi connectivity index (χ3n) is 2.45. The van der Waals surface area contributed by atoms with Crippen molar-refractivity contribution in [2.45, 2.75) is 0 Å². The maximum atomic E-state index is 12.8. The molecule has 0 unspecified atom stereocenters. The average molecular weight is 238 g/mol. The molecule has 0 aromatic heterocycles. The van der Waals surface area contributed by atoms with Crippen molar-refractivity contribution in [2.24, 2.45) is 5.11 Å². The van der Waals surface area contributed by atoms with Crippen LogP contribution in [0.25, 0.3) is 21.6 Å². The van der Waals surface area contributed by atoms with E-state index in [1.54, 1.807) is 30.3 Å². The van der Waals surface area contributed by atoms with E-state index in [0.717, 1.165) is 11.1 Å². The predicted octanol–water partition coefficient (Wildman–Crippen LogP) is 4.31. The van der Waals surface area contributed by atoms with Crippen LogP contribution >= 0.6 is 0 Å². The summed E-state index contributed by atoms with van der Waals surface area (Å²) in [5, 5.41) is 12.3. The molecule has 0 fully saturated rings. The number of rotatable bonds is 2. The maximum Gasteiger partial charge on any atom is 0.123 e. The predicted molar refractivity (Wildman–Crippen MR) is 65.4 cm³/mol. The molecule has 0 heterocycles. The van der Waals surface area contributed by atoms with Crippen molar-refractivity contribution in [3.63, 3.8) is 0 Å². The van der Waals surface area contributed by atoms with Gasteiger partial charge in [0.15, 0.2) is 0 Å². The van der Waals surface area contributed by atoms with E-state index >= 15 is 0 Å². The van der Waals surface area contributed by atoms with E-state index in [1.807, 2.05) is 6.07 Å². The van der Waals surface area contributed by atoms with Crippen molar-refractivity contribution in [1.29, 1.82) is 5.26 Å². The molecule has 0 amide bonds. The van der Waals surface area contributed by atoms with Crippen LogP contribution in [0.15, 0.2) is 47.6 Å². The molecule has 0 aliphatic carbocycles. The normalized spacial score (nSPS) is 9.33. The highest BCUT2D eigenvalue weighted by Gasteiger charge is 2.04. The summed E-state index contributed by atoms with van der Waals surface area (Å²) in [5.74, 6) is -0.317. The van der Waals surface area contributed by atoms with E-state index in [2.05, 4.69) is 10.0 Å². The fraction of sp³-hybridized carbons (Fsp3) is 0. The van der Waals surface area contributed by atoms with Crippen LogP contribution in [-0.2, 0) is 0 Å². The molecule has 0 bridgehead atoms. The Balaban J connectivity index is 2.53. The lowest BCUT2D eigenvalue weighted by atomic mass is 10.0. The van der Waals surface area contributed by atoms with Crippen LogP contribution in [0.4, 0.5) is 10.1 Å². The highest BCUT2D eigenvalue weighted by molar-refractivity contribution is 5.70. The van der Waals surface area contributed by atoms with E-state index in [4.69, 9.17) is 10.8 Å². The molecule has 86 valence electrons. The smallest absolute Gasteiger partial charge is 0.123 e. The van der Waals surface area contributed by atoms with Crippen LogP contribution in [0.2, 0.25) is 0 Å². The summed E-state index contributed by atoms with van der Waals surface area (Å²) < 4.78 is 12.8. The molecular weight excluding hydrogens is 231 g/mol. The zero-order valence-corrected chi connectivity index (χ0v) is 9.21. The van der Waals surface area contributed by atoms with Gasteiger partial charge < -0.3 is 0 Å². The van der Waals surface area contributed by atoms with E-state index in [9.17, 15) is 4.39 Å². The van der Waals surface area contributed by atoms with Crippen LogP contribution in [0.1, 0.15) is 5.56 Å². The van der Waals surface area contributed by atoms with Crippen LogP contribution in [0.3, 0.4) is 0 Å². The monoisotopic (exact) mass is 238 g/mol. The van der Waals surface area contributed by atoms with Crippen molar-refractivity contribution in [2.75, 3.05) is 0 Å². The highest BCUT2D eigenvalue weighted by atomic mass is 19.1. The summed E-state index contributed by atoms with van der Waals surface area (Å²) >= 11 is 0. The summed E-state index contributed by atoms with van der Waals surface area (Å²) in [5.41, 5.74) is 10.6. The standard InChI is InChI=1S/C13H7FN4/c14-12-5-3-9(4-6-12)10-1-2-11(8-15)13(7-10)17-18-16/h1-7H. The molecule has 0 saturated heterocycles. The lowest BCUT2D eigenvalue weighted by Crippen LogP contribution is -1.81. The summed E-state index contributed by atoms with van der Waals surface area (Å²) in [6.45, 7) is 0. The van der Waals surface area contributed by atoms with Gasteiger partial charge in [0.25, 0.3) is 0 Å². The average Bonchev–Trinajstić information content (AvgIpc) is 2.40. The molecule has 0 spiro atoms. The molecule has 2 aromatic carbocycles. The number of benzene rings is 2. The summed E-state index contributed by atoms with van der Waals surface area (Å²) in [6.07, 6.45) is 0. The fourth-order valence-electron chi connectivity index (χ4n) is 1.58. The quantitative estimate of drug-likeness (QED) is 0.436. The lowest BCUT2D eigenvalue weighted by Gasteiger charge is -2.04. The van der Waals surface area contributed by atoms with Crippen molar-refractivity contribution in [3.05, 3.63) is 64.3 Å². The molecule has 0 aliphatic heterocycles. The minimum atomic E-state index is -0.317. The summed E-state index contributed by atoms with van der Waals surface area (Å²) in [7, 11) is 0. The lowest BCUT2D eigenvalue weighted by molar-refractivity contribution is 0.628. The van der Waals surface area contributed by atoms with Gasteiger partial charge in [-0.05, 0) is 40.9 Å². The molecule has 5 heteroatoms. The molecule has 0 radical (unpaired) electrons. The number of nitriles is 1. The third kappa shape index (κ3) is 2.29. The Bertz CT molecular complexity index is 664. The number of halogens is 1. The van der Waals surface area contributed by atoms with Crippen molar-refractivity contribution < 1.29 is 4.39 Å². The molecule has 2 rings (SSSR count). The van der Waals surface area contributed by atoms with Gasteiger partial charge in [-0.1, -0.05) is 23.3 Å². The van der Waals surface area contributed by atoms with E-state index in [1.165, 1.54) is 12.1 Å². The molecule has 0 atom stereocenters. The van der Waals surface area contributed by atoms with Crippen LogP contribution in [0, 0.1) is 17.1 Å². The summed E-state index contributed by atoms with van der Waals surface area (Å²) in [4.78, 5) is 2.68. The Morgan fingerprint density at radius 1 is 1.11 bits per heavy atom. The molecule has 4 nitrogen and oxygen atoms in total. The first-order valence-corrected chi connectivity index (χ1v) is 5.10. The largest absolute Gasteiger partial charge is 0.207 e. The zero-order chi connectivity index (χ0) is 13.0. The minimum absolute atomic E-state index is 0.266. The van der Waals surface area contributed by atoms with E-state index in [-0.39, 0.29) is 11.5 Å². The topological polar surface area (TPSA) is 72.5 Å². The fourth-order valence-corrected chi connectivity index (χ4v) is 1.58. The first kappa shape index (κ1) is 11.6. The first-order chi connectivity index (χ1) is 8.74. The molecule has 0 N–H and O–H groups in total. The molecular formula is C13H7FN4. The van der Waals surface area contributed by atoms with E-state index in [0.29, 0.717) is 5.56 Å². The second-order valence-corrected chi connectivity index (χ2v) is 3.54. The first-order valence-electron chi connectivity index (χ1n) is 5.10. The van der Waals surface area contributed by atoms with Crippen molar-refractivity contribution in [3.8, 4) is 17.2 Å². The van der Waals surface area contributed by atoms with E-state index < -0.39 is 0 Å². The number of hydrogen-bond donors (Lipinski definition) is 0. The molecule has 18 heavy (non-hydrogen) atoms. The van der Waals surface area contributed by atoms with Gasteiger partial charge >= 0.3 is 0 Å². The van der Waals surface area contributed by atoms with Crippen LogP contribution in [0.5, 0.6) is 0 Å². The minimum Gasteiger partial charge on any atom is -0.207 e. The Morgan fingerprint density at radius 2 is 1.78 bits per heavy atom. The molecule has 2 aromatic rings. The molecule has 0 aliphatic rings. The molecule has 0 saturated carbocycles. The van der Waals surface area contributed by atoms with Gasteiger partial charge in [-0.3, -0.25) is 0 Å². The van der Waals surface area contributed by atoms with Gasteiger partial charge in [0.2, 0.25) is 0 Å². The van der Waals surface area contributed by atoms with Crippen LogP contribution in [-0.4, -0.2) is 0 Å². The Morgan fingerprint density at radius 3 is 2.39 bits per heavy atom.